The molecule has 34 heavy (non-hydrogen) atoms. The van der Waals surface area contributed by atoms with Crippen LogP contribution < -0.4 is 9.13 Å². The molecule has 1 unspecified atom stereocenters. The van der Waals surface area contributed by atoms with E-state index in [4.69, 9.17) is 10.7 Å². The summed E-state index contributed by atoms with van der Waals surface area (Å²) >= 11 is 0. The first kappa shape index (κ1) is 27.8. The Morgan fingerprint density at radius 3 is 1.82 bits per heavy atom. The molecule has 0 spiro atoms. The molecule has 2 aromatic heterocycles. The lowest BCUT2D eigenvalue weighted by molar-refractivity contribution is -0.697. The first-order chi connectivity index (χ1) is 16.7. The van der Waals surface area contributed by atoms with E-state index < -0.39 is 0 Å². The fraction of sp³-hybridized carbons (Fsp3) is 0.714. The van der Waals surface area contributed by atoms with Gasteiger partial charge in [-0.3, -0.25) is 0 Å². The van der Waals surface area contributed by atoms with Crippen LogP contribution in [0.1, 0.15) is 96.8 Å². The Morgan fingerprint density at radius 2 is 1.26 bits per heavy atom. The molecule has 1 atom stereocenters. The summed E-state index contributed by atoms with van der Waals surface area (Å²) in [4.78, 5) is 0. The number of unbranched alkanes of at least 4 members (excludes halogenated alkanes) is 10. The summed E-state index contributed by atoms with van der Waals surface area (Å²) in [6.45, 7) is 6.36. The number of hydrogen-bond acceptors (Lipinski definition) is 2. The van der Waals surface area contributed by atoms with Gasteiger partial charge in [-0.25, -0.2) is 18.3 Å². The third-order valence-electron chi connectivity index (χ3n) is 6.64. The Balaban J connectivity index is 1.36. The first-order valence-electron chi connectivity index (χ1n) is 13.7. The average Bonchev–Trinajstić information content (AvgIpc) is 3.49. The van der Waals surface area contributed by atoms with Crippen LogP contribution in [0.2, 0.25) is 0 Å². The Kier molecular flexibility index (Phi) is 14.7. The summed E-state index contributed by atoms with van der Waals surface area (Å²) in [5.74, 6) is 0.401. The fourth-order valence-electron chi connectivity index (χ4n) is 4.43. The zero-order valence-corrected chi connectivity index (χ0v) is 21.6. The highest BCUT2D eigenvalue weighted by molar-refractivity contribution is 5.55. The topological polar surface area (TPSA) is 65.3 Å². The standard InChI is InChI=1S/C28H48N6/c1-28(25-30)15-14-20-34-24-23-32(27-34)18-12-9-7-5-3-2-4-6-8-11-17-31-21-22-33(26-31)19-13-10-16-29/h21-28,30H,2-15,17-20H2,1H3/q+2. The monoisotopic (exact) mass is 468 g/mol. The van der Waals surface area contributed by atoms with E-state index in [1.165, 1.54) is 64.2 Å². The van der Waals surface area contributed by atoms with E-state index in [9.17, 15) is 0 Å². The van der Waals surface area contributed by atoms with Gasteiger partial charge in [0.1, 0.15) is 24.8 Å². The fourth-order valence-corrected chi connectivity index (χ4v) is 4.43. The number of aromatic nitrogens is 4. The van der Waals surface area contributed by atoms with Crippen LogP contribution in [0.5, 0.6) is 0 Å². The van der Waals surface area contributed by atoms with Crippen molar-refractivity contribution in [2.45, 2.75) is 123 Å². The van der Waals surface area contributed by atoms with Crippen LogP contribution in [0, 0.1) is 22.7 Å². The van der Waals surface area contributed by atoms with Crippen molar-refractivity contribution in [2.75, 3.05) is 0 Å². The molecule has 0 aromatic carbocycles. The number of imidazole rings is 2. The normalized spacial score (nSPS) is 12.0. The van der Waals surface area contributed by atoms with Gasteiger partial charge in [-0.15, -0.1) is 0 Å². The highest BCUT2D eigenvalue weighted by Gasteiger charge is 2.05. The van der Waals surface area contributed by atoms with Gasteiger partial charge in [0.05, 0.1) is 32.2 Å². The van der Waals surface area contributed by atoms with Gasteiger partial charge in [0.15, 0.2) is 0 Å². The Morgan fingerprint density at radius 1 is 0.765 bits per heavy atom. The lowest BCUT2D eigenvalue weighted by Gasteiger charge is -2.03. The summed E-state index contributed by atoms with van der Waals surface area (Å²) in [5.41, 5.74) is 0. The van der Waals surface area contributed by atoms with Gasteiger partial charge in [0.2, 0.25) is 12.7 Å². The highest BCUT2D eigenvalue weighted by Crippen LogP contribution is 2.11. The minimum absolute atomic E-state index is 0.401. The SMILES string of the molecule is CC(C=N)CCC[n+]1ccn(CCCCCCCCCCCC[n+]2ccn(CCCC#N)c2)c1. The molecular weight excluding hydrogens is 420 g/mol. The lowest BCUT2D eigenvalue weighted by Crippen LogP contribution is -2.31. The number of rotatable bonds is 21. The molecule has 0 saturated carbocycles. The van der Waals surface area contributed by atoms with Gasteiger partial charge in [-0.05, 0) is 57.1 Å². The number of nitriles is 1. The summed E-state index contributed by atoms with van der Waals surface area (Å²) in [6.07, 6.45) is 31.9. The van der Waals surface area contributed by atoms with Crippen LogP contribution in [-0.4, -0.2) is 15.3 Å². The van der Waals surface area contributed by atoms with Crippen LogP contribution in [0.15, 0.2) is 37.4 Å². The van der Waals surface area contributed by atoms with Gasteiger partial charge < -0.3 is 5.41 Å². The molecule has 0 amide bonds. The van der Waals surface area contributed by atoms with E-state index in [0.717, 1.165) is 45.4 Å². The second kappa shape index (κ2) is 18.0. The molecule has 0 saturated heterocycles. The molecule has 6 nitrogen and oxygen atoms in total. The summed E-state index contributed by atoms with van der Waals surface area (Å²) in [5, 5.41) is 15.9. The van der Waals surface area contributed by atoms with E-state index in [-0.39, 0.29) is 0 Å². The molecule has 2 heterocycles. The summed E-state index contributed by atoms with van der Waals surface area (Å²) in [6, 6.07) is 2.21. The Labute approximate surface area is 207 Å². The average molecular weight is 469 g/mol. The van der Waals surface area contributed by atoms with E-state index in [1.54, 1.807) is 6.21 Å². The summed E-state index contributed by atoms with van der Waals surface area (Å²) in [7, 11) is 0. The molecule has 0 aliphatic rings. The lowest BCUT2D eigenvalue weighted by atomic mass is 10.1. The Bertz CT molecular complexity index is 815. The van der Waals surface area contributed by atoms with Crippen LogP contribution in [0.3, 0.4) is 0 Å². The molecular formula is C28H48N6+2. The van der Waals surface area contributed by atoms with Crippen molar-refractivity contribution in [3.63, 3.8) is 0 Å². The zero-order chi connectivity index (χ0) is 24.3. The van der Waals surface area contributed by atoms with Crippen LogP contribution in [0.4, 0.5) is 0 Å². The number of nitrogens with one attached hydrogen (secondary N) is 1. The molecule has 6 heteroatoms. The number of aryl methyl sites for hydroxylation is 4. The van der Waals surface area contributed by atoms with Crippen LogP contribution in [-0.2, 0) is 26.2 Å². The predicted molar refractivity (Wildman–Crippen MR) is 137 cm³/mol. The quantitative estimate of drug-likeness (QED) is 0.140. The van der Waals surface area contributed by atoms with Gasteiger partial charge in [-0.2, -0.15) is 5.26 Å². The molecule has 1 N–H and O–H groups in total. The second-order valence-electron chi connectivity index (χ2n) is 9.86. The molecule has 188 valence electrons. The molecule has 0 aliphatic heterocycles. The minimum atomic E-state index is 0.401. The second-order valence-corrected chi connectivity index (χ2v) is 9.86. The molecule has 0 aliphatic carbocycles. The van der Waals surface area contributed by atoms with Gasteiger partial charge >= 0.3 is 0 Å². The molecule has 2 rings (SSSR count). The molecule has 2 aromatic rings. The maximum absolute atomic E-state index is 8.63. The number of hydrogen-bond donors (Lipinski definition) is 1. The van der Waals surface area contributed by atoms with Crippen molar-refractivity contribution >= 4 is 6.21 Å². The van der Waals surface area contributed by atoms with Crippen molar-refractivity contribution in [1.29, 1.82) is 10.7 Å². The van der Waals surface area contributed by atoms with E-state index >= 15 is 0 Å². The van der Waals surface area contributed by atoms with E-state index in [0.29, 0.717) is 12.3 Å². The molecule has 0 fully saturated rings. The predicted octanol–water partition coefficient (Wildman–Crippen LogP) is 5.84. The maximum atomic E-state index is 8.63. The third kappa shape index (κ3) is 12.7. The van der Waals surface area contributed by atoms with Crippen molar-refractivity contribution in [3.8, 4) is 6.07 Å². The van der Waals surface area contributed by atoms with Gasteiger partial charge in [0.25, 0.3) is 0 Å². The van der Waals surface area contributed by atoms with Crippen molar-refractivity contribution in [2.24, 2.45) is 5.92 Å². The zero-order valence-electron chi connectivity index (χ0n) is 21.6. The highest BCUT2D eigenvalue weighted by atomic mass is 15.1. The smallest absolute Gasteiger partial charge is 0.243 e. The van der Waals surface area contributed by atoms with Crippen molar-refractivity contribution < 1.29 is 9.13 Å². The third-order valence-corrected chi connectivity index (χ3v) is 6.64. The number of nitrogens with zero attached hydrogens (tertiary/aromatic N) is 5. The first-order valence-corrected chi connectivity index (χ1v) is 13.7. The molecule has 0 bridgehead atoms. The van der Waals surface area contributed by atoms with Crippen LogP contribution in [0.25, 0.3) is 0 Å². The van der Waals surface area contributed by atoms with Crippen molar-refractivity contribution in [3.05, 3.63) is 37.4 Å². The van der Waals surface area contributed by atoms with Gasteiger partial charge in [-0.1, -0.05) is 45.4 Å². The summed E-state index contributed by atoms with van der Waals surface area (Å²) < 4.78 is 9.07. The molecule has 0 radical (unpaired) electrons. The maximum Gasteiger partial charge on any atom is 0.243 e. The largest absolute Gasteiger partial charge is 0.313 e. The van der Waals surface area contributed by atoms with E-state index in [2.05, 4.69) is 68.7 Å². The van der Waals surface area contributed by atoms with Gasteiger partial charge in [0, 0.05) is 6.42 Å². The minimum Gasteiger partial charge on any atom is -0.313 e. The van der Waals surface area contributed by atoms with Crippen molar-refractivity contribution in [1.82, 2.24) is 9.13 Å². The Hall–Kier alpha value is -2.42. The van der Waals surface area contributed by atoms with E-state index in [1.807, 2.05) is 0 Å². The van der Waals surface area contributed by atoms with Crippen LogP contribution >= 0.6 is 0 Å².